The Bertz CT molecular complexity index is 1020. The summed E-state index contributed by atoms with van der Waals surface area (Å²) in [5.41, 5.74) is -1.60. The van der Waals surface area contributed by atoms with Gasteiger partial charge in [-0.2, -0.15) is 13.2 Å². The van der Waals surface area contributed by atoms with Gasteiger partial charge in [-0.25, -0.2) is 9.78 Å². The van der Waals surface area contributed by atoms with Crippen molar-refractivity contribution in [3.63, 3.8) is 0 Å². The lowest BCUT2D eigenvalue weighted by Gasteiger charge is -2.41. The van der Waals surface area contributed by atoms with Crippen LogP contribution in [0.2, 0.25) is 0 Å². The van der Waals surface area contributed by atoms with Crippen molar-refractivity contribution in [2.24, 2.45) is 0 Å². The minimum Gasteiger partial charge on any atom is -0.440 e. The predicted octanol–water partition coefficient (Wildman–Crippen LogP) is 3.79. The van der Waals surface area contributed by atoms with Crippen LogP contribution in [0.3, 0.4) is 0 Å². The Balaban J connectivity index is 1.91. The van der Waals surface area contributed by atoms with Crippen LogP contribution in [0.1, 0.15) is 42.6 Å². The third-order valence-corrected chi connectivity index (χ3v) is 6.41. The second-order valence-corrected chi connectivity index (χ2v) is 9.10. The summed E-state index contributed by atoms with van der Waals surface area (Å²) >= 11 is 0.842. The molecule has 0 aromatic carbocycles. The smallest absolute Gasteiger partial charge is 0.417 e. The van der Waals surface area contributed by atoms with Crippen LogP contribution in [0.4, 0.5) is 23.8 Å². The molecular weight excluding hydrogens is 461 g/mol. The fraction of sp³-hybridized carbons (Fsp3) is 0.571. The molecule has 1 aliphatic heterocycles. The van der Waals surface area contributed by atoms with Crippen molar-refractivity contribution in [1.82, 2.24) is 15.6 Å². The first kappa shape index (κ1) is 25.0. The second-order valence-electron chi connectivity index (χ2n) is 8.22. The molecule has 0 radical (unpaired) electrons. The molecule has 0 atom stereocenters. The number of piperidine rings is 1. The van der Waals surface area contributed by atoms with Crippen LogP contribution >= 0.6 is 11.3 Å². The van der Waals surface area contributed by atoms with Gasteiger partial charge < -0.3 is 25.0 Å². The first-order valence-electron chi connectivity index (χ1n) is 10.4. The van der Waals surface area contributed by atoms with Crippen molar-refractivity contribution in [2.45, 2.75) is 44.5 Å². The Morgan fingerprint density at radius 2 is 1.97 bits per heavy atom. The van der Waals surface area contributed by atoms with E-state index in [1.807, 2.05) is 13.8 Å². The molecule has 1 fully saturated rings. The largest absolute Gasteiger partial charge is 0.440 e. The average molecular weight is 489 g/mol. The first-order chi connectivity index (χ1) is 15.5. The Hall–Kier alpha value is -2.60. The molecule has 182 valence electrons. The van der Waals surface area contributed by atoms with E-state index in [9.17, 15) is 22.8 Å². The lowest BCUT2D eigenvalue weighted by atomic mass is 9.91. The summed E-state index contributed by atoms with van der Waals surface area (Å²) in [6.45, 7) is 4.38. The number of aromatic nitrogens is 1. The standard InChI is InChI=1S/C21H27F3N4O4S/c1-12(2)26-19(30)32-20(11-31-4)5-7-28(8-6-20)15-9-14(21(22,23)24)17-16(27-15)13(10-33-17)18(29)25-3/h9-10,12H,5-8,11H2,1-4H3,(H,25,29)(H,26,30). The SMILES string of the molecule is CNC(=O)c1csc2c(C(F)(F)F)cc(N3CCC(COC)(OC(=O)NC(C)C)CC3)nc12. The molecule has 0 spiro atoms. The summed E-state index contributed by atoms with van der Waals surface area (Å²) in [4.78, 5) is 30.5. The van der Waals surface area contributed by atoms with Crippen LogP contribution in [0.25, 0.3) is 10.2 Å². The minimum absolute atomic E-state index is 0.0189. The summed E-state index contributed by atoms with van der Waals surface area (Å²) < 4.78 is 52.3. The molecule has 0 unspecified atom stereocenters. The lowest BCUT2D eigenvalue weighted by Crippen LogP contribution is -2.52. The highest BCUT2D eigenvalue weighted by Crippen LogP contribution is 2.41. The van der Waals surface area contributed by atoms with Gasteiger partial charge >= 0.3 is 12.3 Å². The Kier molecular flexibility index (Phi) is 7.37. The number of hydrogen-bond donors (Lipinski definition) is 2. The number of halogens is 3. The normalized spacial score (nSPS) is 16.2. The zero-order valence-corrected chi connectivity index (χ0v) is 19.7. The van der Waals surface area contributed by atoms with E-state index in [4.69, 9.17) is 9.47 Å². The van der Waals surface area contributed by atoms with E-state index in [0.717, 1.165) is 17.4 Å². The van der Waals surface area contributed by atoms with Gasteiger partial charge in [-0.3, -0.25) is 4.79 Å². The Labute approximate surface area is 193 Å². The second kappa shape index (κ2) is 9.72. The fourth-order valence-electron chi connectivity index (χ4n) is 3.81. The molecular formula is C21H27F3N4O4S. The number of amides is 2. The van der Waals surface area contributed by atoms with Crippen molar-refractivity contribution in [3.05, 3.63) is 22.6 Å². The number of alkyl halides is 3. The zero-order valence-electron chi connectivity index (χ0n) is 18.8. The summed E-state index contributed by atoms with van der Waals surface area (Å²) in [5.74, 6) is -0.377. The highest BCUT2D eigenvalue weighted by Gasteiger charge is 2.40. The van der Waals surface area contributed by atoms with Crippen molar-refractivity contribution >= 4 is 39.4 Å². The number of alkyl carbamates (subject to hydrolysis) is 1. The van der Waals surface area contributed by atoms with Crippen molar-refractivity contribution in [1.29, 1.82) is 0 Å². The number of nitrogens with one attached hydrogen (secondary N) is 2. The maximum atomic E-state index is 13.8. The van der Waals surface area contributed by atoms with E-state index in [0.29, 0.717) is 25.9 Å². The van der Waals surface area contributed by atoms with Crippen molar-refractivity contribution < 1.29 is 32.2 Å². The van der Waals surface area contributed by atoms with Crippen LogP contribution in [0.5, 0.6) is 0 Å². The minimum atomic E-state index is -4.60. The van der Waals surface area contributed by atoms with Gasteiger partial charge in [0.05, 0.1) is 28.0 Å². The third kappa shape index (κ3) is 5.49. The monoisotopic (exact) mass is 488 g/mol. The number of rotatable bonds is 6. The zero-order chi connectivity index (χ0) is 24.4. The molecule has 3 rings (SSSR count). The molecule has 33 heavy (non-hydrogen) atoms. The van der Waals surface area contributed by atoms with Gasteiger partial charge in [-0.05, 0) is 19.9 Å². The van der Waals surface area contributed by atoms with Gasteiger partial charge in [-0.15, -0.1) is 11.3 Å². The van der Waals surface area contributed by atoms with E-state index >= 15 is 0 Å². The summed E-state index contributed by atoms with van der Waals surface area (Å²) in [6.07, 6.45) is -4.48. The number of pyridine rings is 1. The van der Waals surface area contributed by atoms with Crippen LogP contribution in [0.15, 0.2) is 11.4 Å². The number of carbonyl (C=O) groups is 2. The molecule has 0 bridgehead atoms. The van der Waals surface area contributed by atoms with E-state index in [1.165, 1.54) is 19.5 Å². The number of carbonyl (C=O) groups excluding carboxylic acids is 2. The van der Waals surface area contributed by atoms with E-state index < -0.39 is 29.3 Å². The van der Waals surface area contributed by atoms with Crippen molar-refractivity contribution in [3.8, 4) is 0 Å². The van der Waals surface area contributed by atoms with Gasteiger partial charge in [0.15, 0.2) is 0 Å². The summed E-state index contributed by atoms with van der Waals surface area (Å²) in [6, 6.07) is 0.913. The van der Waals surface area contributed by atoms with Crippen LogP contribution < -0.4 is 15.5 Å². The average Bonchev–Trinajstić information content (AvgIpc) is 3.15. The quantitative estimate of drug-likeness (QED) is 0.643. The van der Waals surface area contributed by atoms with E-state index in [2.05, 4.69) is 15.6 Å². The molecule has 2 amide bonds. The lowest BCUT2D eigenvalue weighted by molar-refractivity contribution is -0.136. The number of nitrogens with zero attached hydrogens (tertiary/aromatic N) is 2. The predicted molar refractivity (Wildman–Crippen MR) is 119 cm³/mol. The number of thiophene rings is 1. The van der Waals surface area contributed by atoms with Crippen LogP contribution in [-0.2, 0) is 15.7 Å². The molecule has 8 nitrogen and oxygen atoms in total. The highest BCUT2D eigenvalue weighted by atomic mass is 32.1. The number of fused-ring (bicyclic) bond motifs is 1. The van der Waals surface area contributed by atoms with Crippen LogP contribution in [0, 0.1) is 0 Å². The number of ether oxygens (including phenoxy) is 2. The summed E-state index contributed by atoms with van der Waals surface area (Å²) in [7, 11) is 2.91. The molecule has 3 heterocycles. The van der Waals surface area contributed by atoms with Gasteiger partial charge in [0.2, 0.25) is 0 Å². The van der Waals surface area contributed by atoms with E-state index in [1.54, 1.807) is 4.90 Å². The van der Waals surface area contributed by atoms with Gasteiger partial charge in [-0.1, -0.05) is 0 Å². The number of anilines is 1. The molecule has 2 N–H and O–H groups in total. The maximum absolute atomic E-state index is 13.8. The number of hydrogen-bond acceptors (Lipinski definition) is 7. The first-order valence-corrected chi connectivity index (χ1v) is 11.3. The third-order valence-electron chi connectivity index (χ3n) is 5.41. The molecule has 2 aromatic rings. The molecule has 2 aromatic heterocycles. The van der Waals surface area contributed by atoms with Gasteiger partial charge in [0.1, 0.15) is 11.4 Å². The molecule has 0 saturated carbocycles. The highest BCUT2D eigenvalue weighted by molar-refractivity contribution is 7.17. The molecule has 0 aliphatic carbocycles. The summed E-state index contributed by atoms with van der Waals surface area (Å²) in [5, 5.41) is 6.50. The Morgan fingerprint density at radius 3 is 2.52 bits per heavy atom. The van der Waals surface area contributed by atoms with E-state index in [-0.39, 0.29) is 34.2 Å². The molecule has 1 saturated heterocycles. The van der Waals surface area contributed by atoms with Gasteiger partial charge in [0, 0.05) is 51.5 Å². The maximum Gasteiger partial charge on any atom is 0.417 e. The van der Waals surface area contributed by atoms with Crippen LogP contribution in [-0.4, -0.2) is 62.5 Å². The fourth-order valence-corrected chi connectivity index (χ4v) is 4.83. The molecule has 1 aliphatic rings. The van der Waals surface area contributed by atoms with Gasteiger partial charge in [0.25, 0.3) is 5.91 Å². The Morgan fingerprint density at radius 1 is 1.30 bits per heavy atom. The number of methoxy groups -OCH3 is 1. The topological polar surface area (TPSA) is 92.8 Å². The van der Waals surface area contributed by atoms with Crippen molar-refractivity contribution in [2.75, 3.05) is 38.8 Å². The molecule has 12 heteroatoms.